The number of hydrogen-bond donors (Lipinski definition) is 0. The van der Waals surface area contributed by atoms with Crippen LogP contribution >= 0.6 is 0 Å². The van der Waals surface area contributed by atoms with Crippen LogP contribution in [0.1, 0.15) is 24.8 Å². The van der Waals surface area contributed by atoms with E-state index in [2.05, 4.69) is 17.0 Å². The van der Waals surface area contributed by atoms with Gasteiger partial charge in [0, 0.05) is 39.1 Å². The minimum Gasteiger partial charge on any atom is -0.463 e. The van der Waals surface area contributed by atoms with Crippen LogP contribution in [-0.2, 0) is 25.6 Å². The Kier molecular flexibility index (Phi) is 6.42. The van der Waals surface area contributed by atoms with E-state index in [0.29, 0.717) is 19.6 Å². The lowest BCUT2D eigenvalue weighted by Crippen LogP contribution is -2.44. The summed E-state index contributed by atoms with van der Waals surface area (Å²) >= 11 is 0. The van der Waals surface area contributed by atoms with E-state index in [4.69, 9.17) is 9.47 Å². The molecule has 0 spiro atoms. The number of carbonyl (C=O) groups is 2. The van der Waals surface area contributed by atoms with Crippen molar-refractivity contribution >= 4 is 11.9 Å². The van der Waals surface area contributed by atoms with E-state index in [0.717, 1.165) is 32.6 Å². The van der Waals surface area contributed by atoms with Gasteiger partial charge in [-0.3, -0.25) is 14.5 Å². The molecule has 2 aliphatic heterocycles. The molecular weight excluding hydrogens is 320 g/mol. The van der Waals surface area contributed by atoms with Crippen LogP contribution in [0.3, 0.4) is 0 Å². The van der Waals surface area contributed by atoms with Crippen LogP contribution in [0.5, 0.6) is 0 Å². The van der Waals surface area contributed by atoms with Crippen molar-refractivity contribution < 1.29 is 19.1 Å². The zero-order valence-corrected chi connectivity index (χ0v) is 14.6. The Morgan fingerprint density at radius 3 is 2.84 bits per heavy atom. The molecule has 1 aromatic rings. The first kappa shape index (κ1) is 17.9. The summed E-state index contributed by atoms with van der Waals surface area (Å²) in [6.45, 7) is 4.67. The van der Waals surface area contributed by atoms with Crippen molar-refractivity contribution in [1.82, 2.24) is 9.80 Å². The van der Waals surface area contributed by atoms with E-state index in [1.807, 2.05) is 18.2 Å². The largest absolute Gasteiger partial charge is 0.463 e. The van der Waals surface area contributed by atoms with Crippen molar-refractivity contribution in [3.8, 4) is 0 Å². The fourth-order valence-corrected chi connectivity index (χ4v) is 3.29. The van der Waals surface area contributed by atoms with E-state index in [-0.39, 0.29) is 31.0 Å². The highest BCUT2D eigenvalue weighted by Gasteiger charge is 2.23. The third-order valence-corrected chi connectivity index (χ3v) is 4.66. The summed E-state index contributed by atoms with van der Waals surface area (Å²) in [4.78, 5) is 27.5. The Balaban J connectivity index is 1.36. The maximum Gasteiger partial charge on any atom is 0.307 e. The zero-order valence-electron chi connectivity index (χ0n) is 14.6. The van der Waals surface area contributed by atoms with Crippen LogP contribution in [0.2, 0.25) is 0 Å². The Hall–Kier alpha value is -1.92. The molecule has 0 saturated carbocycles. The Labute approximate surface area is 148 Å². The molecule has 2 aliphatic rings. The van der Waals surface area contributed by atoms with Gasteiger partial charge in [0.15, 0.2) is 0 Å². The van der Waals surface area contributed by atoms with Crippen LogP contribution < -0.4 is 0 Å². The molecular formula is C19H26N2O4. The van der Waals surface area contributed by atoms with E-state index in [1.165, 1.54) is 5.56 Å². The minimum absolute atomic E-state index is 0.0881. The highest BCUT2D eigenvalue weighted by Crippen LogP contribution is 2.12. The van der Waals surface area contributed by atoms with Gasteiger partial charge < -0.3 is 14.4 Å². The average molecular weight is 346 g/mol. The first-order chi connectivity index (χ1) is 12.2. The van der Waals surface area contributed by atoms with Crippen LogP contribution in [0.4, 0.5) is 0 Å². The molecule has 2 heterocycles. The number of nitrogens with zero attached hydrogens (tertiary/aromatic N) is 2. The van der Waals surface area contributed by atoms with Gasteiger partial charge in [-0.1, -0.05) is 30.3 Å². The molecule has 0 bridgehead atoms. The molecule has 1 amide bonds. The Bertz CT molecular complexity index is 578. The van der Waals surface area contributed by atoms with Gasteiger partial charge in [0.1, 0.15) is 12.7 Å². The second kappa shape index (κ2) is 8.97. The van der Waals surface area contributed by atoms with Gasteiger partial charge in [-0.05, 0) is 12.0 Å². The molecule has 0 unspecified atom stereocenters. The molecule has 0 aliphatic carbocycles. The van der Waals surface area contributed by atoms with Crippen molar-refractivity contribution in [1.29, 1.82) is 0 Å². The molecule has 25 heavy (non-hydrogen) atoms. The fraction of sp³-hybridized carbons (Fsp3) is 0.579. The molecule has 1 atom stereocenters. The van der Waals surface area contributed by atoms with Gasteiger partial charge in [0.2, 0.25) is 5.91 Å². The number of hydrogen-bond acceptors (Lipinski definition) is 5. The predicted molar refractivity (Wildman–Crippen MR) is 92.8 cm³/mol. The van der Waals surface area contributed by atoms with E-state index in [9.17, 15) is 9.59 Å². The maximum absolute atomic E-state index is 11.9. The first-order valence-corrected chi connectivity index (χ1v) is 9.02. The van der Waals surface area contributed by atoms with Gasteiger partial charge in [0.05, 0.1) is 13.0 Å². The van der Waals surface area contributed by atoms with E-state index < -0.39 is 0 Å². The number of ether oxygens (including phenoxy) is 2. The van der Waals surface area contributed by atoms with Crippen LogP contribution in [-0.4, -0.2) is 67.2 Å². The average Bonchev–Trinajstić information content (AvgIpc) is 3.04. The van der Waals surface area contributed by atoms with Crippen LogP contribution in [0.25, 0.3) is 0 Å². The summed E-state index contributed by atoms with van der Waals surface area (Å²) in [5.41, 5.74) is 1.27. The summed E-state index contributed by atoms with van der Waals surface area (Å²) in [6, 6.07) is 10.3. The van der Waals surface area contributed by atoms with Crippen molar-refractivity contribution in [2.75, 3.05) is 39.4 Å². The normalized spacial score (nSPS) is 21.5. The molecule has 2 fully saturated rings. The summed E-state index contributed by atoms with van der Waals surface area (Å²) in [6.07, 6.45) is 1.66. The fourth-order valence-electron chi connectivity index (χ4n) is 3.29. The van der Waals surface area contributed by atoms with Gasteiger partial charge >= 0.3 is 5.97 Å². The van der Waals surface area contributed by atoms with Crippen LogP contribution in [0.15, 0.2) is 30.3 Å². The van der Waals surface area contributed by atoms with Crippen molar-refractivity contribution in [3.05, 3.63) is 35.9 Å². The van der Waals surface area contributed by atoms with Gasteiger partial charge in [-0.25, -0.2) is 0 Å². The number of benzene rings is 1. The molecule has 2 saturated heterocycles. The zero-order chi connectivity index (χ0) is 17.5. The van der Waals surface area contributed by atoms with Gasteiger partial charge in [-0.2, -0.15) is 0 Å². The second-order valence-electron chi connectivity index (χ2n) is 6.63. The smallest absolute Gasteiger partial charge is 0.307 e. The number of rotatable bonds is 7. The quantitative estimate of drug-likeness (QED) is 0.699. The first-order valence-electron chi connectivity index (χ1n) is 9.02. The number of esters is 1. The van der Waals surface area contributed by atoms with Crippen molar-refractivity contribution in [2.24, 2.45) is 0 Å². The molecule has 0 radical (unpaired) electrons. The summed E-state index contributed by atoms with van der Waals surface area (Å²) in [5.74, 6) is -0.122. The molecule has 0 N–H and O–H groups in total. The Morgan fingerprint density at radius 1 is 1.24 bits per heavy atom. The third kappa shape index (κ3) is 5.54. The lowest BCUT2D eigenvalue weighted by atomic mass is 10.2. The molecule has 3 rings (SSSR count). The number of carbonyl (C=O) groups excluding carboxylic acids is 2. The lowest BCUT2D eigenvalue weighted by molar-refractivity contribution is -0.151. The second-order valence-corrected chi connectivity index (χ2v) is 6.63. The van der Waals surface area contributed by atoms with Crippen molar-refractivity contribution in [2.45, 2.75) is 31.9 Å². The van der Waals surface area contributed by atoms with E-state index >= 15 is 0 Å². The number of likely N-dealkylation sites (tertiary alicyclic amines) is 1. The monoisotopic (exact) mass is 346 g/mol. The highest BCUT2D eigenvalue weighted by atomic mass is 16.6. The maximum atomic E-state index is 11.9. The minimum atomic E-state index is -0.261. The topological polar surface area (TPSA) is 59.1 Å². The SMILES string of the molecule is O=C(CCN1CCCC1=O)OC[C@H]1CN(Cc2ccccc2)CCO1. The van der Waals surface area contributed by atoms with E-state index in [1.54, 1.807) is 4.90 Å². The van der Waals surface area contributed by atoms with Crippen molar-refractivity contribution in [3.63, 3.8) is 0 Å². The molecule has 1 aromatic carbocycles. The lowest BCUT2D eigenvalue weighted by Gasteiger charge is -2.32. The summed E-state index contributed by atoms with van der Waals surface area (Å²) < 4.78 is 11.1. The third-order valence-electron chi connectivity index (χ3n) is 4.66. The highest BCUT2D eigenvalue weighted by molar-refractivity contribution is 5.79. The number of amides is 1. The molecule has 0 aromatic heterocycles. The number of morpholine rings is 1. The summed E-state index contributed by atoms with van der Waals surface area (Å²) in [5, 5.41) is 0. The molecule has 6 heteroatoms. The van der Waals surface area contributed by atoms with Crippen LogP contribution in [0, 0.1) is 0 Å². The molecule has 6 nitrogen and oxygen atoms in total. The van der Waals surface area contributed by atoms with Gasteiger partial charge in [-0.15, -0.1) is 0 Å². The molecule has 136 valence electrons. The summed E-state index contributed by atoms with van der Waals surface area (Å²) in [7, 11) is 0. The standard InChI is InChI=1S/C19H26N2O4/c22-18-7-4-9-21(18)10-8-19(23)25-15-17-14-20(11-12-24-17)13-16-5-2-1-3-6-16/h1-3,5-6,17H,4,7-15H2/t17-/m1/s1. The van der Waals surface area contributed by atoms with Gasteiger partial charge in [0.25, 0.3) is 0 Å². The Morgan fingerprint density at radius 2 is 2.08 bits per heavy atom. The predicted octanol–water partition coefficient (Wildman–Crippen LogP) is 1.44.